The highest BCUT2D eigenvalue weighted by Gasteiger charge is 2.18. The Morgan fingerprint density at radius 3 is 2.17 bits per heavy atom. The van der Waals surface area contributed by atoms with Gasteiger partial charge >= 0.3 is 17.8 Å². The quantitative estimate of drug-likeness (QED) is 0.547. The van der Waals surface area contributed by atoms with Crippen molar-refractivity contribution in [1.29, 1.82) is 0 Å². The fourth-order valence-electron chi connectivity index (χ4n) is 2.56. The monoisotopic (exact) mass is 400 g/mol. The lowest BCUT2D eigenvalue weighted by Gasteiger charge is -2.16. The van der Waals surface area contributed by atoms with Crippen LogP contribution in [0.1, 0.15) is 35.8 Å². The second-order valence-electron chi connectivity index (χ2n) is 6.06. The van der Waals surface area contributed by atoms with Gasteiger partial charge in [0, 0.05) is 5.69 Å². The zero-order chi connectivity index (χ0) is 21.4. The summed E-state index contributed by atoms with van der Waals surface area (Å²) < 4.78 is 15.3. The average molecular weight is 400 g/mol. The van der Waals surface area contributed by atoms with Crippen molar-refractivity contribution < 1.29 is 28.6 Å². The number of amides is 2. The molecular formula is C21H24N2O6. The van der Waals surface area contributed by atoms with Crippen LogP contribution >= 0.6 is 0 Å². The average Bonchev–Trinajstić information content (AvgIpc) is 2.73. The number of benzene rings is 2. The molecule has 154 valence electrons. The normalized spacial score (nSPS) is 11.2. The number of rotatable bonds is 7. The van der Waals surface area contributed by atoms with E-state index in [1.165, 1.54) is 38.5 Å². The lowest BCUT2D eigenvalue weighted by Crippen LogP contribution is -2.36. The van der Waals surface area contributed by atoms with Crippen LogP contribution < -0.4 is 20.1 Å². The highest BCUT2D eigenvalue weighted by Crippen LogP contribution is 2.29. The first-order valence-electron chi connectivity index (χ1n) is 9.00. The second-order valence-corrected chi connectivity index (χ2v) is 6.06. The van der Waals surface area contributed by atoms with Crippen molar-refractivity contribution >= 4 is 23.5 Å². The molecule has 2 aromatic rings. The highest BCUT2D eigenvalue weighted by atomic mass is 16.5. The van der Waals surface area contributed by atoms with Crippen LogP contribution in [0.25, 0.3) is 0 Å². The van der Waals surface area contributed by atoms with Crippen molar-refractivity contribution in [3.63, 3.8) is 0 Å². The maximum atomic E-state index is 12.2. The number of hydrogen-bond acceptors (Lipinski definition) is 6. The van der Waals surface area contributed by atoms with Gasteiger partial charge in [0.1, 0.15) is 0 Å². The van der Waals surface area contributed by atoms with E-state index < -0.39 is 23.8 Å². The molecule has 2 amide bonds. The standard InChI is InChI=1S/C21H24N2O6/c1-5-29-21(26)14-6-9-16(10-7-14)23-20(25)19(24)22-13(2)15-8-11-17(27-3)18(12-15)28-4/h6-13H,5H2,1-4H3,(H,22,24)(H,23,25). The summed E-state index contributed by atoms with van der Waals surface area (Å²) in [5, 5.41) is 5.12. The van der Waals surface area contributed by atoms with E-state index in [0.29, 0.717) is 22.7 Å². The van der Waals surface area contributed by atoms with Gasteiger partial charge in [0.15, 0.2) is 11.5 Å². The minimum Gasteiger partial charge on any atom is -0.493 e. The van der Waals surface area contributed by atoms with Gasteiger partial charge < -0.3 is 24.8 Å². The van der Waals surface area contributed by atoms with Crippen molar-refractivity contribution in [2.24, 2.45) is 0 Å². The summed E-state index contributed by atoms with van der Waals surface area (Å²) in [5.74, 6) is -0.967. The molecule has 2 aromatic carbocycles. The summed E-state index contributed by atoms with van der Waals surface area (Å²) in [6, 6.07) is 10.9. The minimum atomic E-state index is -0.818. The Bertz CT molecular complexity index is 879. The maximum Gasteiger partial charge on any atom is 0.338 e. The third kappa shape index (κ3) is 5.71. The van der Waals surface area contributed by atoms with Gasteiger partial charge in [0.2, 0.25) is 0 Å². The molecule has 0 fully saturated rings. The molecule has 8 heteroatoms. The first-order valence-corrected chi connectivity index (χ1v) is 9.00. The number of methoxy groups -OCH3 is 2. The van der Waals surface area contributed by atoms with E-state index in [9.17, 15) is 14.4 Å². The van der Waals surface area contributed by atoms with Gasteiger partial charge in [-0.1, -0.05) is 6.07 Å². The van der Waals surface area contributed by atoms with Crippen LogP contribution in [0.4, 0.5) is 5.69 Å². The predicted octanol–water partition coefficient (Wildman–Crippen LogP) is 2.70. The van der Waals surface area contributed by atoms with Gasteiger partial charge in [-0.2, -0.15) is 0 Å². The Kier molecular flexibility index (Phi) is 7.59. The summed E-state index contributed by atoms with van der Waals surface area (Å²) in [5.41, 5.74) is 1.50. The van der Waals surface area contributed by atoms with Crippen LogP contribution in [-0.4, -0.2) is 38.6 Å². The van der Waals surface area contributed by atoms with Gasteiger partial charge in [-0.25, -0.2) is 4.79 Å². The maximum absolute atomic E-state index is 12.2. The molecule has 2 rings (SSSR count). The first-order chi connectivity index (χ1) is 13.9. The van der Waals surface area contributed by atoms with Crippen LogP contribution in [0.2, 0.25) is 0 Å². The number of hydrogen-bond donors (Lipinski definition) is 2. The van der Waals surface area contributed by atoms with E-state index in [1.54, 1.807) is 32.0 Å². The summed E-state index contributed by atoms with van der Waals surface area (Å²) >= 11 is 0. The third-order valence-corrected chi connectivity index (χ3v) is 4.12. The number of ether oxygens (including phenoxy) is 3. The zero-order valence-corrected chi connectivity index (χ0v) is 16.8. The van der Waals surface area contributed by atoms with Crippen molar-refractivity contribution in [3.05, 3.63) is 53.6 Å². The van der Waals surface area contributed by atoms with Gasteiger partial charge in [-0.05, 0) is 55.8 Å². The van der Waals surface area contributed by atoms with Gasteiger partial charge in [0.25, 0.3) is 0 Å². The molecule has 0 bridgehead atoms. The van der Waals surface area contributed by atoms with E-state index in [0.717, 1.165) is 5.56 Å². The number of carbonyl (C=O) groups excluding carboxylic acids is 3. The fraction of sp³-hybridized carbons (Fsp3) is 0.286. The highest BCUT2D eigenvalue weighted by molar-refractivity contribution is 6.39. The molecular weight excluding hydrogens is 376 g/mol. The predicted molar refractivity (Wildman–Crippen MR) is 107 cm³/mol. The molecule has 1 atom stereocenters. The molecule has 29 heavy (non-hydrogen) atoms. The molecule has 0 saturated heterocycles. The number of nitrogens with one attached hydrogen (secondary N) is 2. The van der Waals surface area contributed by atoms with Crippen LogP contribution in [0.15, 0.2) is 42.5 Å². The van der Waals surface area contributed by atoms with Crippen LogP contribution in [0.5, 0.6) is 11.5 Å². The SMILES string of the molecule is CCOC(=O)c1ccc(NC(=O)C(=O)NC(C)c2ccc(OC)c(OC)c2)cc1. The van der Waals surface area contributed by atoms with E-state index in [2.05, 4.69) is 10.6 Å². The van der Waals surface area contributed by atoms with Crippen molar-refractivity contribution in [3.8, 4) is 11.5 Å². The van der Waals surface area contributed by atoms with Gasteiger partial charge in [0.05, 0.1) is 32.4 Å². The Hall–Kier alpha value is -3.55. The van der Waals surface area contributed by atoms with Crippen LogP contribution in [-0.2, 0) is 14.3 Å². The van der Waals surface area contributed by atoms with Gasteiger partial charge in [-0.15, -0.1) is 0 Å². The molecule has 0 spiro atoms. The van der Waals surface area contributed by atoms with E-state index in [-0.39, 0.29) is 6.61 Å². The molecule has 8 nitrogen and oxygen atoms in total. The summed E-state index contributed by atoms with van der Waals surface area (Å²) in [4.78, 5) is 36.0. The summed E-state index contributed by atoms with van der Waals surface area (Å²) in [6.45, 7) is 3.74. The second kappa shape index (κ2) is 10.1. The molecule has 0 aromatic heterocycles. The molecule has 0 aliphatic carbocycles. The fourth-order valence-corrected chi connectivity index (χ4v) is 2.56. The van der Waals surface area contributed by atoms with Crippen molar-refractivity contribution in [1.82, 2.24) is 5.32 Å². The number of anilines is 1. The molecule has 0 saturated carbocycles. The number of esters is 1. The van der Waals surface area contributed by atoms with E-state index >= 15 is 0 Å². The molecule has 2 N–H and O–H groups in total. The molecule has 0 aliphatic rings. The Balaban J connectivity index is 1.98. The lowest BCUT2D eigenvalue weighted by atomic mass is 10.1. The molecule has 1 unspecified atom stereocenters. The summed E-state index contributed by atoms with van der Waals surface area (Å²) in [6.07, 6.45) is 0. The zero-order valence-electron chi connectivity index (χ0n) is 16.8. The minimum absolute atomic E-state index is 0.274. The smallest absolute Gasteiger partial charge is 0.338 e. The van der Waals surface area contributed by atoms with Crippen LogP contribution in [0.3, 0.4) is 0 Å². The van der Waals surface area contributed by atoms with E-state index in [4.69, 9.17) is 14.2 Å². The van der Waals surface area contributed by atoms with Crippen molar-refractivity contribution in [2.45, 2.75) is 19.9 Å². The number of carbonyl (C=O) groups is 3. The topological polar surface area (TPSA) is 103 Å². The Morgan fingerprint density at radius 2 is 1.59 bits per heavy atom. The third-order valence-electron chi connectivity index (χ3n) is 4.12. The van der Waals surface area contributed by atoms with Crippen LogP contribution in [0, 0.1) is 0 Å². The molecule has 0 radical (unpaired) electrons. The molecule has 0 aliphatic heterocycles. The lowest BCUT2D eigenvalue weighted by molar-refractivity contribution is -0.136. The Morgan fingerprint density at radius 1 is 0.931 bits per heavy atom. The Labute approximate surface area is 169 Å². The first kappa shape index (κ1) is 21.7. The molecule has 0 heterocycles. The van der Waals surface area contributed by atoms with E-state index in [1.807, 2.05) is 0 Å². The largest absolute Gasteiger partial charge is 0.493 e. The summed E-state index contributed by atoms with van der Waals surface area (Å²) in [7, 11) is 3.05. The van der Waals surface area contributed by atoms with Gasteiger partial charge in [-0.3, -0.25) is 9.59 Å². The van der Waals surface area contributed by atoms with Crippen molar-refractivity contribution in [2.75, 3.05) is 26.1 Å².